The van der Waals surface area contributed by atoms with Gasteiger partial charge in [0.2, 0.25) is 0 Å². The molecule has 0 aliphatic carbocycles. The van der Waals surface area contributed by atoms with Crippen LogP contribution in [0.4, 0.5) is 13.2 Å². The van der Waals surface area contributed by atoms with E-state index >= 15 is 0 Å². The first-order valence-electron chi connectivity index (χ1n) is 5.97. The van der Waals surface area contributed by atoms with Crippen molar-refractivity contribution in [2.45, 2.75) is 19.0 Å². The van der Waals surface area contributed by atoms with E-state index in [1.165, 1.54) is 0 Å². The molecule has 5 nitrogen and oxygen atoms in total. The minimum absolute atomic E-state index is 0.0158. The molecular weight excluding hydrogens is 327 g/mol. The Labute approximate surface area is 126 Å². The lowest BCUT2D eigenvalue weighted by Gasteiger charge is -2.08. The van der Waals surface area contributed by atoms with E-state index in [1.807, 2.05) is 0 Å². The normalized spacial score (nSPS) is 11.8. The Morgan fingerprint density at radius 1 is 1.23 bits per heavy atom. The molecule has 0 unspecified atom stereocenters. The van der Waals surface area contributed by atoms with Crippen molar-refractivity contribution in [3.63, 3.8) is 0 Å². The third-order valence-corrected chi connectivity index (χ3v) is 3.40. The van der Waals surface area contributed by atoms with Gasteiger partial charge in [-0.25, -0.2) is 4.79 Å². The Balaban J connectivity index is 2.71. The number of rotatable bonds is 4. The lowest BCUT2D eigenvalue weighted by molar-refractivity contribution is -0.138. The topological polar surface area (TPSA) is 90.4 Å². The van der Waals surface area contributed by atoms with Crippen molar-refractivity contribution >= 4 is 34.4 Å². The van der Waals surface area contributed by atoms with Crippen molar-refractivity contribution in [2.75, 3.05) is 0 Å². The van der Waals surface area contributed by atoms with Crippen molar-refractivity contribution < 1.29 is 33.0 Å². The average molecular weight is 336 g/mol. The number of aromatic nitrogens is 1. The van der Waals surface area contributed by atoms with Gasteiger partial charge in [0.25, 0.3) is 0 Å². The van der Waals surface area contributed by atoms with Gasteiger partial charge in [-0.3, -0.25) is 4.79 Å². The highest BCUT2D eigenvalue weighted by atomic mass is 35.5. The number of hydrogen-bond donors (Lipinski definition) is 3. The van der Waals surface area contributed by atoms with Crippen molar-refractivity contribution in [1.82, 2.24) is 4.98 Å². The third-order valence-electron chi connectivity index (χ3n) is 3.10. The van der Waals surface area contributed by atoms with Gasteiger partial charge in [-0.05, 0) is 24.1 Å². The second-order valence-electron chi connectivity index (χ2n) is 4.56. The largest absolute Gasteiger partial charge is 0.481 e. The SMILES string of the molecule is O=C(O)CCc1c(C(=O)O)[nH]c2c(Cl)cc(C(F)(F)F)cc12. The Kier molecular flexibility index (Phi) is 4.06. The van der Waals surface area contributed by atoms with E-state index in [-0.39, 0.29) is 33.6 Å². The molecule has 3 N–H and O–H groups in total. The number of aliphatic carboxylic acids is 1. The first kappa shape index (κ1) is 16.2. The molecule has 2 aromatic rings. The van der Waals surface area contributed by atoms with Crippen molar-refractivity contribution in [1.29, 1.82) is 0 Å². The quantitative estimate of drug-likeness (QED) is 0.797. The molecule has 9 heteroatoms. The fourth-order valence-electron chi connectivity index (χ4n) is 2.14. The Morgan fingerprint density at radius 2 is 1.86 bits per heavy atom. The van der Waals surface area contributed by atoms with Crippen LogP contribution in [0.3, 0.4) is 0 Å². The van der Waals surface area contributed by atoms with E-state index in [4.69, 9.17) is 21.8 Å². The lowest BCUT2D eigenvalue weighted by atomic mass is 10.0. The lowest BCUT2D eigenvalue weighted by Crippen LogP contribution is -2.05. The van der Waals surface area contributed by atoms with Crippen LogP contribution in [-0.2, 0) is 17.4 Å². The average Bonchev–Trinajstić information content (AvgIpc) is 2.74. The molecule has 0 fully saturated rings. The van der Waals surface area contributed by atoms with Crippen LogP contribution >= 0.6 is 11.6 Å². The van der Waals surface area contributed by atoms with Gasteiger partial charge in [-0.15, -0.1) is 0 Å². The minimum atomic E-state index is -4.65. The highest BCUT2D eigenvalue weighted by Crippen LogP contribution is 2.37. The molecule has 0 aliphatic rings. The first-order chi connectivity index (χ1) is 10.1. The molecule has 0 radical (unpaired) electrons. The van der Waals surface area contributed by atoms with Crippen molar-refractivity contribution in [3.8, 4) is 0 Å². The number of fused-ring (bicyclic) bond motifs is 1. The molecule has 0 saturated heterocycles. The molecule has 1 aromatic carbocycles. The van der Waals surface area contributed by atoms with Crippen LogP contribution in [0.25, 0.3) is 10.9 Å². The van der Waals surface area contributed by atoms with Gasteiger partial charge in [0, 0.05) is 11.8 Å². The zero-order valence-electron chi connectivity index (χ0n) is 10.8. The maximum absolute atomic E-state index is 12.8. The number of H-pyrrole nitrogens is 1. The number of carboxylic acids is 2. The van der Waals surface area contributed by atoms with E-state index in [0.29, 0.717) is 6.07 Å². The van der Waals surface area contributed by atoms with E-state index in [2.05, 4.69) is 4.98 Å². The monoisotopic (exact) mass is 335 g/mol. The standard InChI is InChI=1S/C13H9ClF3NO4/c14-8-4-5(13(15,16)17)3-7-6(1-2-9(19)20)11(12(21)22)18-10(7)8/h3-4,18H,1-2H2,(H,19,20)(H,21,22). The first-order valence-corrected chi connectivity index (χ1v) is 6.35. The number of aromatic amines is 1. The molecular formula is C13H9ClF3NO4. The van der Waals surface area contributed by atoms with E-state index < -0.39 is 30.1 Å². The molecule has 0 atom stereocenters. The zero-order valence-corrected chi connectivity index (χ0v) is 11.5. The molecule has 0 spiro atoms. The van der Waals surface area contributed by atoms with Gasteiger partial charge in [0.1, 0.15) is 5.69 Å². The van der Waals surface area contributed by atoms with Gasteiger partial charge in [-0.1, -0.05) is 11.6 Å². The summed E-state index contributed by atoms with van der Waals surface area (Å²) in [5.41, 5.74) is -1.37. The van der Waals surface area contributed by atoms with Crippen LogP contribution < -0.4 is 0 Å². The van der Waals surface area contributed by atoms with Gasteiger partial charge >= 0.3 is 18.1 Å². The fourth-order valence-corrected chi connectivity index (χ4v) is 2.41. The van der Waals surface area contributed by atoms with Gasteiger partial charge in [0.05, 0.1) is 16.1 Å². The summed E-state index contributed by atoms with van der Waals surface area (Å²) in [5.74, 6) is -2.59. The van der Waals surface area contributed by atoms with Crippen LogP contribution in [0.15, 0.2) is 12.1 Å². The highest BCUT2D eigenvalue weighted by molar-refractivity contribution is 6.35. The highest BCUT2D eigenvalue weighted by Gasteiger charge is 2.32. The van der Waals surface area contributed by atoms with Gasteiger partial charge in [-0.2, -0.15) is 13.2 Å². The third kappa shape index (κ3) is 3.01. The Hall–Kier alpha value is -2.22. The van der Waals surface area contributed by atoms with Gasteiger partial charge in [0.15, 0.2) is 0 Å². The van der Waals surface area contributed by atoms with E-state index in [1.54, 1.807) is 0 Å². The number of benzene rings is 1. The molecule has 2 rings (SSSR count). The molecule has 1 heterocycles. The summed E-state index contributed by atoms with van der Waals surface area (Å²) in [5, 5.41) is 17.5. The Morgan fingerprint density at radius 3 is 2.36 bits per heavy atom. The van der Waals surface area contributed by atoms with Crippen LogP contribution in [-0.4, -0.2) is 27.1 Å². The molecule has 0 saturated carbocycles. The minimum Gasteiger partial charge on any atom is -0.481 e. The number of carboxylic acid groups (broad SMARTS) is 2. The summed E-state index contributed by atoms with van der Waals surface area (Å²) in [6, 6.07) is 1.45. The predicted molar refractivity (Wildman–Crippen MR) is 71.2 cm³/mol. The zero-order chi connectivity index (χ0) is 16.7. The van der Waals surface area contributed by atoms with Crippen LogP contribution in [0, 0.1) is 0 Å². The summed E-state index contributed by atoms with van der Waals surface area (Å²) in [4.78, 5) is 24.3. The second-order valence-corrected chi connectivity index (χ2v) is 4.96. The smallest absolute Gasteiger partial charge is 0.416 e. The number of carbonyl (C=O) groups is 2. The number of alkyl halides is 3. The molecule has 118 valence electrons. The molecule has 0 aliphatic heterocycles. The van der Waals surface area contributed by atoms with Crippen LogP contribution in [0.1, 0.15) is 28.0 Å². The molecule has 0 bridgehead atoms. The summed E-state index contributed by atoms with van der Waals surface area (Å²) in [6.45, 7) is 0. The summed E-state index contributed by atoms with van der Waals surface area (Å²) < 4.78 is 38.5. The summed E-state index contributed by atoms with van der Waals surface area (Å²) >= 11 is 5.78. The molecule has 0 amide bonds. The second kappa shape index (κ2) is 5.53. The maximum atomic E-state index is 12.8. The maximum Gasteiger partial charge on any atom is 0.416 e. The number of nitrogens with one attached hydrogen (secondary N) is 1. The predicted octanol–water partition coefficient (Wildman–Crippen LogP) is 3.56. The summed E-state index contributed by atoms with van der Waals surface area (Å²) in [7, 11) is 0. The molecule has 22 heavy (non-hydrogen) atoms. The van der Waals surface area contributed by atoms with E-state index in [9.17, 15) is 22.8 Å². The number of aromatic carboxylic acids is 1. The summed E-state index contributed by atoms with van der Waals surface area (Å²) in [6.07, 6.45) is -5.29. The van der Waals surface area contributed by atoms with E-state index in [0.717, 1.165) is 6.07 Å². The number of halogens is 4. The van der Waals surface area contributed by atoms with Crippen molar-refractivity contribution in [3.05, 3.63) is 34.0 Å². The van der Waals surface area contributed by atoms with Crippen LogP contribution in [0.2, 0.25) is 5.02 Å². The Bertz CT molecular complexity index is 767. The van der Waals surface area contributed by atoms with Crippen molar-refractivity contribution in [2.24, 2.45) is 0 Å². The molecule has 1 aromatic heterocycles. The van der Waals surface area contributed by atoms with Crippen LogP contribution in [0.5, 0.6) is 0 Å². The fraction of sp³-hybridized carbons (Fsp3) is 0.231. The number of hydrogen-bond acceptors (Lipinski definition) is 2. The van der Waals surface area contributed by atoms with Gasteiger partial charge < -0.3 is 15.2 Å². The number of aryl methyl sites for hydroxylation is 1.